The van der Waals surface area contributed by atoms with Gasteiger partial charge in [-0.15, -0.1) is 0 Å². The molecule has 3 rings (SSSR count). The van der Waals surface area contributed by atoms with E-state index in [4.69, 9.17) is 18.9 Å². The number of hydrogen-bond donors (Lipinski definition) is 1. The van der Waals surface area contributed by atoms with E-state index in [0.29, 0.717) is 46.8 Å². The van der Waals surface area contributed by atoms with E-state index >= 15 is 0 Å². The number of methoxy groups -OCH3 is 4. The minimum Gasteiger partial charge on any atom is -0.494 e. The highest BCUT2D eigenvalue weighted by atomic mass is 19.1. The predicted octanol–water partition coefficient (Wildman–Crippen LogP) is 3.82. The summed E-state index contributed by atoms with van der Waals surface area (Å²) in [4.78, 5) is 0. The topological polar surface area (TPSA) is 57.2 Å². The molecular formula is C21H25FO5. The maximum absolute atomic E-state index is 14.9. The van der Waals surface area contributed by atoms with Crippen molar-refractivity contribution in [3.05, 3.63) is 46.8 Å². The summed E-state index contributed by atoms with van der Waals surface area (Å²) >= 11 is 0. The number of hydrogen-bond acceptors (Lipinski definition) is 5. The van der Waals surface area contributed by atoms with Gasteiger partial charge in [-0.3, -0.25) is 0 Å². The number of halogens is 1. The van der Waals surface area contributed by atoms with Gasteiger partial charge in [0.25, 0.3) is 0 Å². The van der Waals surface area contributed by atoms with Crippen LogP contribution in [0.5, 0.6) is 23.0 Å². The Morgan fingerprint density at radius 2 is 1.52 bits per heavy atom. The van der Waals surface area contributed by atoms with Crippen LogP contribution in [0.25, 0.3) is 0 Å². The Morgan fingerprint density at radius 3 is 2.07 bits per heavy atom. The highest BCUT2D eigenvalue weighted by Gasteiger charge is 2.38. The van der Waals surface area contributed by atoms with Crippen molar-refractivity contribution in [2.24, 2.45) is 0 Å². The Labute approximate surface area is 158 Å². The molecule has 0 amide bonds. The molecule has 0 spiro atoms. The Morgan fingerprint density at radius 1 is 0.889 bits per heavy atom. The van der Waals surface area contributed by atoms with E-state index in [9.17, 15) is 9.50 Å². The Kier molecular flexibility index (Phi) is 5.46. The third-order valence-electron chi connectivity index (χ3n) is 5.23. The summed E-state index contributed by atoms with van der Waals surface area (Å²) in [6, 6.07) is 6.74. The third-order valence-corrected chi connectivity index (χ3v) is 5.23. The van der Waals surface area contributed by atoms with Gasteiger partial charge in [-0.1, -0.05) is 6.07 Å². The van der Waals surface area contributed by atoms with Crippen molar-refractivity contribution >= 4 is 0 Å². The Balaban J connectivity index is 2.24. The maximum Gasteiger partial charge on any atom is 0.203 e. The molecule has 0 fully saturated rings. The zero-order valence-corrected chi connectivity index (χ0v) is 16.1. The highest BCUT2D eigenvalue weighted by Crippen LogP contribution is 2.47. The molecule has 1 aliphatic rings. The predicted molar refractivity (Wildman–Crippen MR) is 99.6 cm³/mol. The van der Waals surface area contributed by atoms with Crippen molar-refractivity contribution in [3.63, 3.8) is 0 Å². The van der Waals surface area contributed by atoms with Crippen molar-refractivity contribution in [1.82, 2.24) is 0 Å². The van der Waals surface area contributed by atoms with Crippen LogP contribution in [0.15, 0.2) is 24.3 Å². The van der Waals surface area contributed by atoms with Gasteiger partial charge in [-0.05, 0) is 60.6 Å². The summed E-state index contributed by atoms with van der Waals surface area (Å²) in [5, 5.41) is 11.7. The van der Waals surface area contributed by atoms with Gasteiger partial charge in [0.1, 0.15) is 5.60 Å². The Hall–Kier alpha value is -2.47. The lowest BCUT2D eigenvalue weighted by Gasteiger charge is -2.31. The molecule has 1 aliphatic carbocycles. The van der Waals surface area contributed by atoms with Crippen LogP contribution >= 0.6 is 0 Å². The fourth-order valence-corrected chi connectivity index (χ4v) is 3.83. The Bertz CT molecular complexity index is 811. The van der Waals surface area contributed by atoms with E-state index in [2.05, 4.69) is 0 Å². The molecule has 2 aromatic rings. The first-order valence-corrected chi connectivity index (χ1v) is 8.88. The minimum absolute atomic E-state index is 0.183. The summed E-state index contributed by atoms with van der Waals surface area (Å²) < 4.78 is 36.2. The van der Waals surface area contributed by atoms with E-state index in [1.807, 2.05) is 0 Å². The standard InChI is InChI=1S/C21H25FO5/c1-24-16-9-8-15-14(19(16)22)7-5-6-10-21(15,23)13-11-17(25-2)20(27-4)18(12-13)26-3/h8-9,11-12,23H,5-7,10H2,1-4H3. The third kappa shape index (κ3) is 3.18. The summed E-state index contributed by atoms with van der Waals surface area (Å²) in [5.41, 5.74) is 0.242. The van der Waals surface area contributed by atoms with Crippen LogP contribution in [0.1, 0.15) is 36.0 Å². The van der Waals surface area contributed by atoms with Crippen LogP contribution in [0.3, 0.4) is 0 Å². The fraction of sp³-hybridized carbons (Fsp3) is 0.429. The summed E-state index contributed by atoms with van der Waals surface area (Å²) in [6.07, 6.45) is 2.54. The monoisotopic (exact) mass is 376 g/mol. The first-order valence-electron chi connectivity index (χ1n) is 8.88. The van der Waals surface area contributed by atoms with Gasteiger partial charge in [-0.25, -0.2) is 4.39 Å². The van der Waals surface area contributed by atoms with Crippen LogP contribution in [-0.2, 0) is 12.0 Å². The van der Waals surface area contributed by atoms with Crippen molar-refractivity contribution in [1.29, 1.82) is 0 Å². The van der Waals surface area contributed by atoms with E-state index < -0.39 is 11.4 Å². The summed E-state index contributed by atoms with van der Waals surface area (Å²) in [6.45, 7) is 0. The molecule has 1 atom stereocenters. The lowest BCUT2D eigenvalue weighted by molar-refractivity contribution is 0.0695. The van der Waals surface area contributed by atoms with E-state index in [1.165, 1.54) is 28.4 Å². The molecule has 0 heterocycles. The molecule has 6 heteroatoms. The van der Waals surface area contributed by atoms with Crippen LogP contribution < -0.4 is 18.9 Å². The van der Waals surface area contributed by atoms with Crippen LogP contribution in [0.2, 0.25) is 0 Å². The molecule has 5 nitrogen and oxygen atoms in total. The van der Waals surface area contributed by atoms with Gasteiger partial charge in [0, 0.05) is 0 Å². The van der Waals surface area contributed by atoms with Gasteiger partial charge in [0.15, 0.2) is 23.1 Å². The van der Waals surface area contributed by atoms with Gasteiger partial charge >= 0.3 is 0 Å². The number of benzene rings is 2. The van der Waals surface area contributed by atoms with Crippen molar-refractivity contribution in [2.75, 3.05) is 28.4 Å². The molecule has 0 saturated heterocycles. The number of aliphatic hydroxyl groups is 1. The molecule has 0 bridgehead atoms. The van der Waals surface area contributed by atoms with Gasteiger partial charge in [0.2, 0.25) is 5.75 Å². The first kappa shape index (κ1) is 19.3. The quantitative estimate of drug-likeness (QED) is 0.804. The second-order valence-corrected chi connectivity index (χ2v) is 6.59. The normalized spacial score (nSPS) is 19.0. The van der Waals surface area contributed by atoms with Gasteiger partial charge < -0.3 is 24.1 Å². The average molecular weight is 376 g/mol. The average Bonchev–Trinajstić information content (AvgIpc) is 2.87. The molecule has 0 aliphatic heterocycles. The van der Waals surface area contributed by atoms with Crippen LogP contribution in [0, 0.1) is 5.82 Å². The fourth-order valence-electron chi connectivity index (χ4n) is 3.83. The van der Waals surface area contributed by atoms with Gasteiger partial charge in [0.05, 0.1) is 28.4 Å². The number of fused-ring (bicyclic) bond motifs is 1. The number of rotatable bonds is 5. The summed E-state index contributed by atoms with van der Waals surface area (Å²) in [5.74, 6) is 1.10. The summed E-state index contributed by atoms with van der Waals surface area (Å²) in [7, 11) is 6.01. The molecule has 1 N–H and O–H groups in total. The molecule has 0 saturated carbocycles. The van der Waals surface area contributed by atoms with Crippen molar-refractivity contribution in [2.45, 2.75) is 31.3 Å². The molecule has 0 radical (unpaired) electrons. The first-order chi connectivity index (χ1) is 13.0. The molecule has 27 heavy (non-hydrogen) atoms. The van der Waals surface area contributed by atoms with Crippen LogP contribution in [0.4, 0.5) is 4.39 Å². The smallest absolute Gasteiger partial charge is 0.203 e. The molecule has 2 aromatic carbocycles. The SMILES string of the molecule is COc1ccc2c(c1F)CCCCC2(O)c1cc(OC)c(OC)c(OC)c1. The second-order valence-electron chi connectivity index (χ2n) is 6.59. The van der Waals surface area contributed by atoms with E-state index in [0.717, 1.165) is 12.8 Å². The number of ether oxygens (including phenoxy) is 4. The molecular weight excluding hydrogens is 351 g/mol. The van der Waals surface area contributed by atoms with Crippen molar-refractivity contribution < 1.29 is 28.4 Å². The lowest BCUT2D eigenvalue weighted by atomic mass is 9.81. The second kappa shape index (κ2) is 7.64. The van der Waals surface area contributed by atoms with Crippen molar-refractivity contribution in [3.8, 4) is 23.0 Å². The van der Waals surface area contributed by atoms with Gasteiger partial charge in [-0.2, -0.15) is 0 Å². The van der Waals surface area contributed by atoms with E-state index in [1.54, 1.807) is 24.3 Å². The maximum atomic E-state index is 14.9. The van der Waals surface area contributed by atoms with E-state index in [-0.39, 0.29) is 5.75 Å². The van der Waals surface area contributed by atoms with Crippen LogP contribution in [-0.4, -0.2) is 33.5 Å². The molecule has 1 unspecified atom stereocenters. The zero-order chi connectivity index (χ0) is 19.6. The largest absolute Gasteiger partial charge is 0.494 e. The molecule has 146 valence electrons. The highest BCUT2D eigenvalue weighted by molar-refractivity contribution is 5.57. The lowest BCUT2D eigenvalue weighted by Crippen LogP contribution is -2.28. The zero-order valence-electron chi connectivity index (χ0n) is 16.1. The molecule has 0 aromatic heterocycles. The minimum atomic E-state index is -1.37.